The van der Waals surface area contributed by atoms with Gasteiger partial charge >= 0.3 is 0 Å². The van der Waals surface area contributed by atoms with Gasteiger partial charge in [-0.15, -0.1) is 0 Å². The van der Waals surface area contributed by atoms with Gasteiger partial charge in [0.15, 0.2) is 0 Å². The van der Waals surface area contributed by atoms with Gasteiger partial charge in [0.25, 0.3) is 0 Å². The van der Waals surface area contributed by atoms with Crippen molar-refractivity contribution in [1.82, 2.24) is 4.98 Å². The van der Waals surface area contributed by atoms with Gasteiger partial charge in [0.05, 0.1) is 12.6 Å². The molecule has 0 spiro atoms. The van der Waals surface area contributed by atoms with Crippen LogP contribution in [-0.4, -0.2) is 30.1 Å². The van der Waals surface area contributed by atoms with Crippen LogP contribution in [-0.2, 0) is 4.74 Å². The first kappa shape index (κ1) is 13.1. The lowest BCUT2D eigenvalue weighted by Gasteiger charge is -2.12. The first-order valence-corrected chi connectivity index (χ1v) is 8.17. The predicted molar refractivity (Wildman–Crippen MR) is 81.0 cm³/mol. The van der Waals surface area contributed by atoms with Crippen LogP contribution in [0.2, 0.25) is 0 Å². The third-order valence-electron chi connectivity index (χ3n) is 4.49. The minimum Gasteiger partial charge on any atom is -0.493 e. The van der Waals surface area contributed by atoms with Crippen molar-refractivity contribution in [2.75, 3.05) is 13.2 Å². The van der Waals surface area contributed by atoms with Crippen molar-refractivity contribution in [2.24, 2.45) is 10.9 Å². The molecule has 0 radical (unpaired) electrons. The fraction of sp³-hybridized carbons (Fsp3) is 0.647. The van der Waals surface area contributed by atoms with Crippen LogP contribution in [0.15, 0.2) is 17.3 Å². The lowest BCUT2D eigenvalue weighted by Crippen LogP contribution is -2.08. The summed E-state index contributed by atoms with van der Waals surface area (Å²) in [7, 11) is 0. The molecule has 21 heavy (non-hydrogen) atoms. The maximum Gasteiger partial charge on any atom is 0.235 e. The van der Waals surface area contributed by atoms with Gasteiger partial charge < -0.3 is 9.47 Å². The highest BCUT2D eigenvalue weighted by molar-refractivity contribution is 5.93. The number of ether oxygens (including phenoxy) is 2. The van der Waals surface area contributed by atoms with E-state index in [-0.39, 0.29) is 6.04 Å². The molecule has 4 rings (SSSR count). The molecule has 4 heteroatoms. The van der Waals surface area contributed by atoms with E-state index in [1.54, 1.807) is 0 Å². The van der Waals surface area contributed by atoms with Crippen LogP contribution in [0.1, 0.15) is 56.2 Å². The first-order valence-electron chi connectivity index (χ1n) is 8.17. The fourth-order valence-electron chi connectivity index (χ4n) is 2.65. The summed E-state index contributed by atoms with van der Waals surface area (Å²) in [5.74, 6) is 3.09. The molecule has 0 amide bonds. The zero-order valence-electron chi connectivity index (χ0n) is 12.5. The van der Waals surface area contributed by atoms with Crippen LogP contribution in [0.4, 0.5) is 0 Å². The fourth-order valence-corrected chi connectivity index (χ4v) is 2.65. The molecule has 0 saturated heterocycles. The number of nitrogens with zero attached hydrogens (tertiary/aromatic N) is 2. The third-order valence-corrected chi connectivity index (χ3v) is 4.49. The van der Waals surface area contributed by atoms with Crippen molar-refractivity contribution in [3.8, 4) is 5.75 Å². The van der Waals surface area contributed by atoms with Gasteiger partial charge in [-0.05, 0) is 43.9 Å². The molecule has 112 valence electrons. The van der Waals surface area contributed by atoms with Crippen LogP contribution in [0.3, 0.4) is 0 Å². The number of aliphatic imine (C=N–C) groups is 1. The maximum absolute atomic E-state index is 6.07. The lowest BCUT2D eigenvalue weighted by atomic mass is 10.1. The van der Waals surface area contributed by atoms with E-state index in [1.807, 2.05) is 12.3 Å². The molecule has 0 aromatic carbocycles. The minimum absolute atomic E-state index is 0.278. The zero-order valence-corrected chi connectivity index (χ0v) is 12.5. The Balaban J connectivity index is 1.57. The summed E-state index contributed by atoms with van der Waals surface area (Å²) < 4.78 is 11.7. The Morgan fingerprint density at radius 3 is 2.81 bits per heavy atom. The normalized spacial score (nSPS) is 24.6. The summed E-state index contributed by atoms with van der Waals surface area (Å²) in [6.45, 7) is 3.65. The quantitative estimate of drug-likeness (QED) is 0.806. The lowest BCUT2D eigenvalue weighted by molar-refractivity contribution is 0.295. The van der Waals surface area contributed by atoms with Crippen LogP contribution in [0, 0.1) is 5.92 Å². The highest BCUT2D eigenvalue weighted by Gasteiger charge is 2.30. The molecule has 2 fully saturated rings. The largest absolute Gasteiger partial charge is 0.493 e. The Hall–Kier alpha value is -1.58. The standard InChI is InChI=1S/C17H22N2O2/c1-2-13-10-21-17(19-13)15-7-16(20-9-11-3-4-11)14(8-18-15)12-5-6-12/h7-8,11-13H,2-6,9-10H2,1H3. The summed E-state index contributed by atoms with van der Waals surface area (Å²) in [5.41, 5.74) is 2.09. The first-order chi connectivity index (χ1) is 10.3. The van der Waals surface area contributed by atoms with E-state index < -0.39 is 0 Å². The third kappa shape index (κ3) is 2.89. The van der Waals surface area contributed by atoms with E-state index in [4.69, 9.17) is 9.47 Å². The monoisotopic (exact) mass is 286 g/mol. The Morgan fingerprint density at radius 2 is 2.14 bits per heavy atom. The second-order valence-electron chi connectivity index (χ2n) is 6.44. The van der Waals surface area contributed by atoms with Gasteiger partial charge in [0.1, 0.15) is 18.1 Å². The second-order valence-corrected chi connectivity index (χ2v) is 6.44. The molecule has 1 aromatic rings. The van der Waals surface area contributed by atoms with Crippen molar-refractivity contribution < 1.29 is 9.47 Å². The van der Waals surface area contributed by atoms with E-state index in [0.717, 1.165) is 30.4 Å². The molecule has 4 nitrogen and oxygen atoms in total. The molecule has 2 saturated carbocycles. The molecule has 3 aliphatic rings. The molecule has 0 bridgehead atoms. The Morgan fingerprint density at radius 1 is 1.29 bits per heavy atom. The maximum atomic E-state index is 6.07. The average molecular weight is 286 g/mol. The van der Waals surface area contributed by atoms with Crippen molar-refractivity contribution in [3.63, 3.8) is 0 Å². The van der Waals surface area contributed by atoms with Gasteiger partial charge in [-0.25, -0.2) is 4.99 Å². The zero-order chi connectivity index (χ0) is 14.2. The minimum atomic E-state index is 0.278. The summed E-state index contributed by atoms with van der Waals surface area (Å²) in [6.07, 6.45) is 8.12. The van der Waals surface area contributed by atoms with Crippen molar-refractivity contribution >= 4 is 5.90 Å². The highest BCUT2D eigenvalue weighted by atomic mass is 16.5. The Labute approximate surface area is 125 Å². The molecule has 1 aromatic heterocycles. The number of pyridine rings is 1. The van der Waals surface area contributed by atoms with Crippen LogP contribution < -0.4 is 4.74 Å². The summed E-state index contributed by atoms with van der Waals surface area (Å²) in [4.78, 5) is 9.15. The smallest absolute Gasteiger partial charge is 0.235 e. The number of rotatable bonds is 6. The average Bonchev–Trinajstić information content (AvgIpc) is 3.43. The second kappa shape index (κ2) is 5.32. The van der Waals surface area contributed by atoms with Gasteiger partial charge in [-0.2, -0.15) is 0 Å². The molecular formula is C17H22N2O2. The Kier molecular flexibility index (Phi) is 3.32. The number of hydrogen-bond acceptors (Lipinski definition) is 4. The van der Waals surface area contributed by atoms with E-state index in [1.165, 1.54) is 31.2 Å². The van der Waals surface area contributed by atoms with Crippen LogP contribution in [0.5, 0.6) is 5.75 Å². The summed E-state index contributed by atoms with van der Waals surface area (Å²) in [5, 5.41) is 0. The van der Waals surface area contributed by atoms with E-state index in [9.17, 15) is 0 Å². The molecule has 1 unspecified atom stereocenters. The van der Waals surface area contributed by atoms with Gasteiger partial charge in [0.2, 0.25) is 5.90 Å². The molecule has 1 aliphatic heterocycles. The summed E-state index contributed by atoms with van der Waals surface area (Å²) in [6, 6.07) is 2.31. The highest BCUT2D eigenvalue weighted by Crippen LogP contribution is 2.44. The summed E-state index contributed by atoms with van der Waals surface area (Å²) >= 11 is 0. The van der Waals surface area contributed by atoms with Crippen molar-refractivity contribution in [3.05, 3.63) is 23.5 Å². The van der Waals surface area contributed by atoms with E-state index >= 15 is 0 Å². The number of aromatic nitrogens is 1. The molecule has 1 atom stereocenters. The van der Waals surface area contributed by atoms with Crippen molar-refractivity contribution in [1.29, 1.82) is 0 Å². The van der Waals surface area contributed by atoms with Crippen LogP contribution >= 0.6 is 0 Å². The van der Waals surface area contributed by atoms with Crippen LogP contribution in [0.25, 0.3) is 0 Å². The van der Waals surface area contributed by atoms with Gasteiger partial charge in [-0.1, -0.05) is 6.92 Å². The Bertz CT molecular complexity index is 562. The predicted octanol–water partition coefficient (Wildman–Crippen LogP) is 3.30. The SMILES string of the molecule is CCC1COC(c2cc(OCC3CC3)c(C3CC3)cn2)=N1. The van der Waals surface area contributed by atoms with Gasteiger partial charge in [-0.3, -0.25) is 4.98 Å². The van der Waals surface area contributed by atoms with Gasteiger partial charge in [0, 0.05) is 17.8 Å². The molecule has 0 N–H and O–H groups in total. The van der Waals surface area contributed by atoms with Crippen molar-refractivity contribution in [2.45, 2.75) is 51.0 Å². The molecule has 2 heterocycles. The van der Waals surface area contributed by atoms with E-state index in [0.29, 0.717) is 18.4 Å². The topological polar surface area (TPSA) is 43.7 Å². The number of hydrogen-bond donors (Lipinski definition) is 0. The van der Waals surface area contributed by atoms with E-state index in [2.05, 4.69) is 16.9 Å². The molecular weight excluding hydrogens is 264 g/mol. The molecule has 2 aliphatic carbocycles.